The lowest BCUT2D eigenvalue weighted by atomic mass is 10.3. The quantitative estimate of drug-likeness (QED) is 0.159. The SMILES string of the molecule is C=C(C)C(=O)OC(O)(CO[Si](C)(C)O[Si](C)(C)O[Si](C)(C)OCCO)OC(=O)C(=C)C. The summed E-state index contributed by atoms with van der Waals surface area (Å²) in [7, 11) is -8.28. The van der Waals surface area contributed by atoms with Crippen molar-refractivity contribution in [2.45, 2.75) is 59.1 Å². The van der Waals surface area contributed by atoms with Crippen molar-refractivity contribution in [1.29, 1.82) is 0 Å². The molecule has 0 aliphatic heterocycles. The van der Waals surface area contributed by atoms with Crippen LogP contribution in [0, 0.1) is 0 Å². The largest absolute Gasteiger partial charge is 0.415 e. The van der Waals surface area contributed by atoms with Gasteiger partial charge in [0, 0.05) is 11.1 Å². The lowest BCUT2D eigenvalue weighted by Crippen LogP contribution is -2.56. The van der Waals surface area contributed by atoms with Crippen LogP contribution >= 0.6 is 0 Å². The zero-order valence-electron chi connectivity index (χ0n) is 19.7. The molecule has 0 spiro atoms. The molecule has 0 unspecified atom stereocenters. The van der Waals surface area contributed by atoms with Gasteiger partial charge in [0.05, 0.1) is 13.2 Å². The average molecular weight is 497 g/mol. The van der Waals surface area contributed by atoms with Crippen LogP contribution in [0.15, 0.2) is 24.3 Å². The molecule has 0 aliphatic carbocycles. The summed E-state index contributed by atoms with van der Waals surface area (Å²) in [4.78, 5) is 23.8. The highest BCUT2D eigenvalue weighted by Gasteiger charge is 2.45. The van der Waals surface area contributed by atoms with Gasteiger partial charge in [-0.15, -0.1) is 0 Å². The normalized spacial score (nSPS) is 13.0. The summed E-state index contributed by atoms with van der Waals surface area (Å²) in [5, 5.41) is 19.6. The molecule has 0 aromatic heterocycles. The standard InChI is InChI=1S/C18H36O10Si3/c1-14(2)16(20)25-18(22,26-17(21)15(3)4)13-24-30(7,8)28-31(9,10)27-29(5,6)23-12-11-19/h19,22H,1,3,11-13H2,2,4-10H3. The number of carbonyl (C=O) groups is 2. The van der Waals surface area contributed by atoms with Crippen molar-refractivity contribution in [3.05, 3.63) is 24.3 Å². The fourth-order valence-corrected chi connectivity index (χ4v) is 14.0. The molecule has 180 valence electrons. The highest BCUT2D eigenvalue weighted by molar-refractivity contribution is 6.84. The van der Waals surface area contributed by atoms with Crippen LogP contribution in [0.25, 0.3) is 0 Å². The van der Waals surface area contributed by atoms with E-state index in [-0.39, 0.29) is 24.4 Å². The molecular weight excluding hydrogens is 460 g/mol. The Balaban J connectivity index is 5.31. The highest BCUT2D eigenvalue weighted by Crippen LogP contribution is 2.24. The van der Waals surface area contributed by atoms with Crippen molar-refractivity contribution >= 4 is 37.6 Å². The third-order valence-corrected chi connectivity index (χ3v) is 12.9. The molecule has 0 amide bonds. The smallest absolute Gasteiger partial charge is 0.397 e. The summed E-state index contributed by atoms with van der Waals surface area (Å²) in [5.41, 5.74) is -0.0101. The molecule has 0 radical (unpaired) electrons. The van der Waals surface area contributed by atoms with E-state index in [2.05, 4.69) is 13.2 Å². The zero-order valence-corrected chi connectivity index (χ0v) is 22.7. The lowest BCUT2D eigenvalue weighted by molar-refractivity contribution is -0.332. The summed E-state index contributed by atoms with van der Waals surface area (Å²) in [6.07, 6.45) is 0. The first-order chi connectivity index (χ1) is 13.8. The van der Waals surface area contributed by atoms with E-state index in [1.165, 1.54) is 13.8 Å². The Morgan fingerprint density at radius 1 is 0.806 bits per heavy atom. The number of hydrogen-bond acceptors (Lipinski definition) is 10. The van der Waals surface area contributed by atoms with Gasteiger partial charge in [-0.05, 0) is 53.1 Å². The molecule has 0 saturated heterocycles. The molecule has 2 N–H and O–H groups in total. The fourth-order valence-electron chi connectivity index (χ4n) is 2.36. The van der Waals surface area contributed by atoms with E-state index in [0.717, 1.165) is 0 Å². The van der Waals surface area contributed by atoms with Gasteiger partial charge in [0.1, 0.15) is 6.61 Å². The van der Waals surface area contributed by atoms with Gasteiger partial charge in [0.25, 0.3) is 0 Å². The van der Waals surface area contributed by atoms with E-state index in [1.807, 2.05) is 26.2 Å². The number of ether oxygens (including phenoxy) is 2. The fraction of sp³-hybridized carbons (Fsp3) is 0.667. The van der Waals surface area contributed by atoms with Crippen LogP contribution in [0.1, 0.15) is 13.8 Å². The minimum absolute atomic E-state index is 0.00503. The summed E-state index contributed by atoms with van der Waals surface area (Å²) in [6.45, 7) is 19.7. The monoisotopic (exact) mass is 496 g/mol. The Hall–Kier alpha value is -1.17. The number of esters is 2. The average Bonchev–Trinajstić information content (AvgIpc) is 2.56. The van der Waals surface area contributed by atoms with Crippen molar-refractivity contribution in [3.63, 3.8) is 0 Å². The molecule has 0 aromatic rings. The Morgan fingerprint density at radius 2 is 1.19 bits per heavy atom. The van der Waals surface area contributed by atoms with E-state index in [9.17, 15) is 14.7 Å². The summed E-state index contributed by atoms with van der Waals surface area (Å²) < 4.78 is 33.4. The molecule has 0 rings (SSSR count). The van der Waals surface area contributed by atoms with Crippen molar-refractivity contribution in [2.75, 3.05) is 19.8 Å². The van der Waals surface area contributed by atoms with E-state index in [1.54, 1.807) is 13.1 Å². The lowest BCUT2D eigenvalue weighted by Gasteiger charge is -2.38. The van der Waals surface area contributed by atoms with E-state index >= 15 is 0 Å². The van der Waals surface area contributed by atoms with Crippen LogP contribution in [-0.2, 0) is 36.1 Å². The summed E-state index contributed by atoms with van der Waals surface area (Å²) >= 11 is 0. The molecule has 0 aliphatic rings. The number of rotatable bonds is 14. The summed E-state index contributed by atoms with van der Waals surface area (Å²) in [5.74, 6) is -4.62. The third-order valence-electron chi connectivity index (χ3n) is 3.33. The molecule has 10 nitrogen and oxygen atoms in total. The minimum atomic E-state index is -2.97. The Labute approximate surface area is 187 Å². The molecule has 13 heteroatoms. The van der Waals surface area contributed by atoms with Crippen molar-refractivity contribution in [2.24, 2.45) is 0 Å². The first-order valence-electron chi connectivity index (χ1n) is 9.63. The van der Waals surface area contributed by atoms with Crippen LogP contribution in [0.3, 0.4) is 0 Å². The van der Waals surface area contributed by atoms with Gasteiger partial charge < -0.3 is 36.8 Å². The Morgan fingerprint density at radius 3 is 1.55 bits per heavy atom. The first kappa shape index (κ1) is 29.8. The summed E-state index contributed by atoms with van der Waals surface area (Å²) in [6, 6.07) is 0. The van der Waals surface area contributed by atoms with Gasteiger partial charge in [-0.25, -0.2) is 9.59 Å². The number of aliphatic hydroxyl groups excluding tert-OH is 1. The topological polar surface area (TPSA) is 130 Å². The molecule has 0 bridgehead atoms. The van der Waals surface area contributed by atoms with Crippen molar-refractivity contribution < 1.29 is 46.4 Å². The zero-order chi connectivity index (χ0) is 24.7. The van der Waals surface area contributed by atoms with Gasteiger partial charge in [-0.2, -0.15) is 0 Å². The van der Waals surface area contributed by atoms with Crippen LogP contribution in [0.5, 0.6) is 0 Å². The second-order valence-corrected chi connectivity index (χ2v) is 18.9. The van der Waals surface area contributed by atoms with Gasteiger partial charge in [0.15, 0.2) is 0 Å². The molecule has 0 aromatic carbocycles. The second kappa shape index (κ2) is 11.6. The van der Waals surface area contributed by atoms with Crippen LogP contribution < -0.4 is 0 Å². The van der Waals surface area contributed by atoms with E-state index in [4.69, 9.17) is 31.7 Å². The predicted octanol–water partition coefficient (Wildman–Crippen LogP) is 2.04. The number of carbonyl (C=O) groups excluding carboxylic acids is 2. The number of aliphatic hydroxyl groups is 2. The molecule has 0 saturated carbocycles. The first-order valence-corrected chi connectivity index (χ1v) is 18.1. The molecule has 0 heterocycles. The molecule has 31 heavy (non-hydrogen) atoms. The maximum absolute atomic E-state index is 11.9. The third kappa shape index (κ3) is 12.4. The Kier molecular flexibility index (Phi) is 11.2. The van der Waals surface area contributed by atoms with Crippen molar-refractivity contribution in [3.8, 4) is 0 Å². The predicted molar refractivity (Wildman–Crippen MR) is 120 cm³/mol. The van der Waals surface area contributed by atoms with Gasteiger partial charge in [-0.3, -0.25) is 0 Å². The van der Waals surface area contributed by atoms with Crippen LogP contribution in [0.4, 0.5) is 0 Å². The van der Waals surface area contributed by atoms with Gasteiger partial charge in [-0.1, -0.05) is 13.2 Å². The second-order valence-electron chi connectivity index (χ2n) is 8.32. The maximum atomic E-state index is 11.9. The van der Waals surface area contributed by atoms with Crippen LogP contribution in [0.2, 0.25) is 39.3 Å². The maximum Gasteiger partial charge on any atom is 0.397 e. The van der Waals surface area contributed by atoms with Gasteiger partial charge >= 0.3 is 43.6 Å². The Bertz CT molecular complexity index is 647. The van der Waals surface area contributed by atoms with Crippen molar-refractivity contribution in [1.82, 2.24) is 0 Å². The van der Waals surface area contributed by atoms with E-state index in [0.29, 0.717) is 0 Å². The number of hydrogen-bond donors (Lipinski definition) is 2. The molecule has 0 atom stereocenters. The van der Waals surface area contributed by atoms with E-state index < -0.39 is 50.2 Å². The van der Waals surface area contributed by atoms with Gasteiger partial charge in [0.2, 0.25) is 0 Å². The highest BCUT2D eigenvalue weighted by atomic mass is 28.5. The molecular formula is C18H36O10Si3. The van der Waals surface area contributed by atoms with Crippen LogP contribution in [-0.4, -0.2) is 73.6 Å². The molecule has 0 fully saturated rings. The minimum Gasteiger partial charge on any atom is -0.415 e.